The molecular weight excluding hydrogens is 260 g/mol. The second-order valence-corrected chi connectivity index (χ2v) is 4.84. The maximum atomic E-state index is 11.9. The predicted octanol–water partition coefficient (Wildman–Crippen LogP) is 2.11. The molecule has 2 N–H and O–H groups in total. The summed E-state index contributed by atoms with van der Waals surface area (Å²) in [6.45, 7) is 3.62. The van der Waals surface area contributed by atoms with Crippen LogP contribution in [0, 0.1) is 0 Å². The molecule has 6 nitrogen and oxygen atoms in total. The van der Waals surface area contributed by atoms with Crippen LogP contribution in [0.5, 0.6) is 0 Å². The van der Waals surface area contributed by atoms with Crippen molar-refractivity contribution in [1.82, 2.24) is 10.2 Å². The molecule has 0 fully saturated rings. The molecule has 1 rings (SSSR count). The molecule has 0 saturated carbocycles. The number of urea groups is 1. The summed E-state index contributed by atoms with van der Waals surface area (Å²) < 4.78 is 5.22. The average Bonchev–Trinajstić information content (AvgIpc) is 2.89. The first kappa shape index (κ1) is 16.1. The molecule has 2 atom stereocenters. The van der Waals surface area contributed by atoms with Gasteiger partial charge in [0.15, 0.2) is 0 Å². The van der Waals surface area contributed by atoms with Gasteiger partial charge in [0, 0.05) is 19.5 Å². The highest BCUT2D eigenvalue weighted by Gasteiger charge is 2.25. The SMILES string of the molecule is CCC(C(=O)O)N(C)C(=O)NC(C)CCc1ccco1. The van der Waals surface area contributed by atoms with Crippen LogP contribution in [0.25, 0.3) is 0 Å². The van der Waals surface area contributed by atoms with Gasteiger partial charge < -0.3 is 19.7 Å². The number of carbonyl (C=O) groups is 2. The van der Waals surface area contributed by atoms with Crippen LogP contribution in [-0.4, -0.2) is 41.1 Å². The van der Waals surface area contributed by atoms with E-state index in [1.54, 1.807) is 13.2 Å². The second-order valence-electron chi connectivity index (χ2n) is 4.84. The van der Waals surface area contributed by atoms with Crippen molar-refractivity contribution in [1.29, 1.82) is 0 Å². The van der Waals surface area contributed by atoms with Gasteiger partial charge in [0.25, 0.3) is 0 Å². The van der Waals surface area contributed by atoms with Crippen molar-refractivity contribution in [2.24, 2.45) is 0 Å². The van der Waals surface area contributed by atoms with Gasteiger partial charge in [-0.25, -0.2) is 9.59 Å². The van der Waals surface area contributed by atoms with Crippen molar-refractivity contribution in [2.75, 3.05) is 7.05 Å². The van der Waals surface area contributed by atoms with E-state index in [0.29, 0.717) is 6.42 Å². The number of hydrogen-bond acceptors (Lipinski definition) is 3. The fourth-order valence-electron chi connectivity index (χ4n) is 1.95. The van der Waals surface area contributed by atoms with Gasteiger partial charge in [-0.2, -0.15) is 0 Å². The fourth-order valence-corrected chi connectivity index (χ4v) is 1.95. The van der Waals surface area contributed by atoms with E-state index in [0.717, 1.165) is 18.6 Å². The van der Waals surface area contributed by atoms with Crippen LogP contribution < -0.4 is 5.32 Å². The number of carboxylic acid groups (broad SMARTS) is 1. The van der Waals surface area contributed by atoms with E-state index in [4.69, 9.17) is 9.52 Å². The normalized spacial score (nSPS) is 13.6. The number of hydrogen-bond donors (Lipinski definition) is 2. The van der Waals surface area contributed by atoms with Crippen molar-refractivity contribution < 1.29 is 19.1 Å². The molecule has 2 amide bonds. The minimum absolute atomic E-state index is 0.0543. The van der Waals surface area contributed by atoms with Crippen LogP contribution in [0.15, 0.2) is 22.8 Å². The third-order valence-corrected chi connectivity index (χ3v) is 3.23. The molecular formula is C14H22N2O4. The van der Waals surface area contributed by atoms with Gasteiger partial charge in [-0.3, -0.25) is 0 Å². The topological polar surface area (TPSA) is 82.8 Å². The van der Waals surface area contributed by atoms with Gasteiger partial charge >= 0.3 is 12.0 Å². The monoisotopic (exact) mass is 282 g/mol. The number of nitrogens with zero attached hydrogens (tertiary/aromatic N) is 1. The molecule has 0 radical (unpaired) electrons. The van der Waals surface area contributed by atoms with E-state index in [9.17, 15) is 9.59 Å². The number of carbonyl (C=O) groups excluding carboxylic acids is 1. The molecule has 1 aromatic heterocycles. The highest BCUT2D eigenvalue weighted by atomic mass is 16.4. The number of carboxylic acids is 1. The Morgan fingerprint density at radius 3 is 2.70 bits per heavy atom. The maximum absolute atomic E-state index is 11.9. The maximum Gasteiger partial charge on any atom is 0.326 e. The van der Waals surface area contributed by atoms with E-state index in [1.165, 1.54) is 11.9 Å². The number of amides is 2. The van der Waals surface area contributed by atoms with Gasteiger partial charge in [0.05, 0.1) is 6.26 Å². The molecule has 0 aliphatic carbocycles. The molecule has 0 aromatic carbocycles. The lowest BCUT2D eigenvalue weighted by Gasteiger charge is -2.26. The summed E-state index contributed by atoms with van der Waals surface area (Å²) in [5, 5.41) is 11.8. The first-order chi connectivity index (χ1) is 9.45. The lowest BCUT2D eigenvalue weighted by molar-refractivity contribution is -0.141. The minimum atomic E-state index is -0.992. The van der Waals surface area contributed by atoms with Crippen LogP contribution in [0.1, 0.15) is 32.4 Å². The zero-order chi connectivity index (χ0) is 15.1. The predicted molar refractivity (Wildman–Crippen MR) is 74.5 cm³/mol. The van der Waals surface area contributed by atoms with Crippen molar-refractivity contribution in [3.8, 4) is 0 Å². The molecule has 1 heterocycles. The smallest absolute Gasteiger partial charge is 0.326 e. The van der Waals surface area contributed by atoms with Crippen LogP contribution in [0.2, 0.25) is 0 Å². The Morgan fingerprint density at radius 2 is 2.20 bits per heavy atom. The van der Waals surface area contributed by atoms with Crippen LogP contribution in [0.3, 0.4) is 0 Å². The molecule has 112 valence electrons. The van der Waals surface area contributed by atoms with Crippen molar-refractivity contribution >= 4 is 12.0 Å². The van der Waals surface area contributed by atoms with E-state index in [-0.39, 0.29) is 12.1 Å². The minimum Gasteiger partial charge on any atom is -0.480 e. The highest BCUT2D eigenvalue weighted by molar-refractivity contribution is 5.82. The summed E-state index contributed by atoms with van der Waals surface area (Å²) in [4.78, 5) is 24.2. The standard InChI is InChI=1S/C14H22N2O4/c1-4-12(13(17)18)16(3)14(19)15-10(2)7-8-11-6-5-9-20-11/h5-6,9-10,12H,4,7-8H2,1-3H3,(H,15,19)(H,17,18). The van der Waals surface area contributed by atoms with Gasteiger partial charge in [-0.15, -0.1) is 0 Å². The average molecular weight is 282 g/mol. The van der Waals surface area contributed by atoms with Gasteiger partial charge in [0.1, 0.15) is 11.8 Å². The summed E-state index contributed by atoms with van der Waals surface area (Å²) in [6, 6.07) is 2.49. The lowest BCUT2D eigenvalue weighted by atomic mass is 10.1. The number of aryl methyl sites for hydroxylation is 1. The first-order valence-electron chi connectivity index (χ1n) is 6.74. The summed E-state index contributed by atoms with van der Waals surface area (Å²) in [6.07, 6.45) is 3.45. The first-order valence-corrected chi connectivity index (χ1v) is 6.74. The van der Waals surface area contributed by atoms with Gasteiger partial charge in [0.2, 0.25) is 0 Å². The van der Waals surface area contributed by atoms with E-state index in [1.807, 2.05) is 19.1 Å². The van der Waals surface area contributed by atoms with E-state index in [2.05, 4.69) is 5.32 Å². The Kier molecular flexibility index (Phi) is 6.09. The highest BCUT2D eigenvalue weighted by Crippen LogP contribution is 2.07. The zero-order valence-corrected chi connectivity index (χ0v) is 12.1. The van der Waals surface area contributed by atoms with Crippen molar-refractivity contribution in [2.45, 2.75) is 45.2 Å². The third-order valence-electron chi connectivity index (χ3n) is 3.23. The Hall–Kier alpha value is -1.98. The van der Waals surface area contributed by atoms with Gasteiger partial charge in [-0.1, -0.05) is 6.92 Å². The summed E-state index contributed by atoms with van der Waals surface area (Å²) in [5.74, 6) is -0.121. The molecule has 6 heteroatoms. The number of furan rings is 1. The van der Waals surface area contributed by atoms with E-state index >= 15 is 0 Å². The molecule has 20 heavy (non-hydrogen) atoms. The summed E-state index contributed by atoms with van der Waals surface area (Å²) in [5.41, 5.74) is 0. The Bertz CT molecular complexity index is 430. The van der Waals surface area contributed by atoms with Crippen LogP contribution in [-0.2, 0) is 11.2 Å². The van der Waals surface area contributed by atoms with Gasteiger partial charge in [-0.05, 0) is 31.9 Å². The second kappa shape index (κ2) is 7.57. The summed E-state index contributed by atoms with van der Waals surface area (Å²) in [7, 11) is 1.50. The molecule has 1 aromatic rings. The van der Waals surface area contributed by atoms with E-state index < -0.39 is 12.0 Å². The lowest BCUT2D eigenvalue weighted by Crippen LogP contribution is -2.49. The Morgan fingerprint density at radius 1 is 1.50 bits per heavy atom. The number of aliphatic carboxylic acids is 1. The zero-order valence-electron chi connectivity index (χ0n) is 12.1. The molecule has 0 bridgehead atoms. The molecule has 0 aliphatic rings. The van der Waals surface area contributed by atoms with Crippen LogP contribution >= 0.6 is 0 Å². The Labute approximate surface area is 118 Å². The molecule has 0 spiro atoms. The van der Waals surface area contributed by atoms with Crippen molar-refractivity contribution in [3.63, 3.8) is 0 Å². The fraction of sp³-hybridized carbons (Fsp3) is 0.571. The number of rotatable bonds is 7. The Balaban J connectivity index is 2.42. The largest absolute Gasteiger partial charge is 0.480 e. The molecule has 0 saturated heterocycles. The quantitative estimate of drug-likeness (QED) is 0.802. The molecule has 0 aliphatic heterocycles. The summed E-state index contributed by atoms with van der Waals surface area (Å²) >= 11 is 0. The van der Waals surface area contributed by atoms with Crippen molar-refractivity contribution in [3.05, 3.63) is 24.2 Å². The molecule has 2 unspecified atom stereocenters. The number of likely N-dealkylation sites (N-methyl/N-ethyl adjacent to an activating group) is 1. The number of nitrogens with one attached hydrogen (secondary N) is 1. The third kappa shape index (κ3) is 4.60. The van der Waals surface area contributed by atoms with Crippen LogP contribution in [0.4, 0.5) is 4.79 Å².